The zero-order chi connectivity index (χ0) is 24.5. The monoisotopic (exact) mass is 464 g/mol. The Balaban J connectivity index is 1.67. The zero-order valence-corrected chi connectivity index (χ0v) is 18.7. The van der Waals surface area contributed by atoms with Crippen LogP contribution in [0.1, 0.15) is 12.5 Å². The van der Waals surface area contributed by atoms with Crippen LogP contribution < -0.4 is 10.1 Å². The van der Waals surface area contributed by atoms with Gasteiger partial charge in [-0.15, -0.1) is 10.2 Å². The summed E-state index contributed by atoms with van der Waals surface area (Å²) in [7, 11) is 1.53. The van der Waals surface area contributed by atoms with Crippen LogP contribution >= 0.6 is 0 Å². The molecule has 176 valence electrons. The molecule has 10 nitrogen and oxygen atoms in total. The molecule has 1 aromatic heterocycles. The zero-order valence-electron chi connectivity index (χ0n) is 18.7. The van der Waals surface area contributed by atoms with Gasteiger partial charge in [-0.25, -0.2) is 0 Å². The molecule has 0 atom stereocenters. The topological polar surface area (TPSA) is 132 Å². The number of nitrogens with zero attached hydrogens (tertiary/aromatic N) is 3. The summed E-state index contributed by atoms with van der Waals surface area (Å²) in [5.74, 6) is -1.46. The largest absolute Gasteiger partial charge is 0.496 e. The van der Waals surface area contributed by atoms with Crippen LogP contribution in [0, 0.1) is 0 Å². The summed E-state index contributed by atoms with van der Waals surface area (Å²) in [6, 6.07) is 14.0. The molecule has 0 radical (unpaired) electrons. The maximum atomic E-state index is 12.1. The number of carbonyl (C=O) groups is 3. The molecule has 0 saturated carbocycles. The normalized spacial score (nSPS) is 11.2. The highest BCUT2D eigenvalue weighted by Gasteiger charge is 2.19. The van der Waals surface area contributed by atoms with Crippen LogP contribution in [-0.4, -0.2) is 47.7 Å². The summed E-state index contributed by atoms with van der Waals surface area (Å²) in [5.41, 5.74) is 1.28. The number of azo groups is 1. The summed E-state index contributed by atoms with van der Waals surface area (Å²) in [6.07, 6.45) is 2.84. The molecule has 34 heavy (non-hydrogen) atoms. The maximum Gasteiger partial charge on any atom is 0.326 e. The number of rotatable bonds is 9. The number of ether oxygens (including phenoxy) is 2. The molecule has 0 aliphatic carbocycles. The first-order chi connectivity index (χ1) is 16.4. The molecule has 0 aliphatic heterocycles. The number of methoxy groups -OCH3 is 1. The number of hydrogen-bond acceptors (Lipinski definition) is 7. The smallest absolute Gasteiger partial charge is 0.326 e. The Morgan fingerprint density at radius 2 is 1.85 bits per heavy atom. The highest BCUT2D eigenvalue weighted by Crippen LogP contribution is 2.38. The number of benzene rings is 2. The predicted octanol–water partition coefficient (Wildman–Crippen LogP) is 3.36. The van der Waals surface area contributed by atoms with Gasteiger partial charge in [0.2, 0.25) is 11.8 Å². The molecule has 10 heteroatoms. The third-order valence-electron chi connectivity index (χ3n) is 4.74. The third-order valence-corrected chi connectivity index (χ3v) is 4.74. The number of nitrogens with one attached hydrogen (secondary N) is 1. The molecule has 0 saturated heterocycles. The van der Waals surface area contributed by atoms with Crippen molar-refractivity contribution in [1.82, 2.24) is 9.88 Å². The van der Waals surface area contributed by atoms with Crippen molar-refractivity contribution in [2.24, 2.45) is 10.2 Å². The van der Waals surface area contributed by atoms with Gasteiger partial charge in [-0.2, -0.15) is 0 Å². The summed E-state index contributed by atoms with van der Waals surface area (Å²) in [6.45, 7) is 1.28. The molecule has 0 bridgehead atoms. The van der Waals surface area contributed by atoms with Gasteiger partial charge in [-0.1, -0.05) is 36.4 Å². The van der Waals surface area contributed by atoms with E-state index in [1.165, 1.54) is 17.8 Å². The number of hydrogen-bond donors (Lipinski definition) is 2. The van der Waals surface area contributed by atoms with Crippen molar-refractivity contribution in [1.29, 1.82) is 0 Å². The lowest BCUT2D eigenvalue weighted by molar-refractivity contribution is -0.143. The van der Waals surface area contributed by atoms with Gasteiger partial charge in [0, 0.05) is 17.0 Å². The second-order valence-electron chi connectivity index (χ2n) is 6.97. The van der Waals surface area contributed by atoms with Gasteiger partial charge < -0.3 is 19.9 Å². The number of esters is 1. The molecule has 0 spiro atoms. The molecule has 2 amide bonds. The minimum atomic E-state index is -0.722. The van der Waals surface area contributed by atoms with E-state index >= 15 is 0 Å². The fourth-order valence-electron chi connectivity index (χ4n) is 3.20. The SMILES string of the molecule is CCOC(=O)Cn1c(O)c(N=NC(=O)CNC(=O)C=Cc2ccccc2OC)c2ccccc21. The van der Waals surface area contributed by atoms with Crippen LogP contribution in [0.15, 0.2) is 64.8 Å². The van der Waals surface area contributed by atoms with Gasteiger partial charge in [-0.3, -0.25) is 19.0 Å². The molecule has 1 heterocycles. The molecular weight excluding hydrogens is 440 g/mol. The summed E-state index contributed by atoms with van der Waals surface area (Å²) in [4.78, 5) is 36.1. The third kappa shape index (κ3) is 5.85. The van der Waals surface area contributed by atoms with Crippen molar-refractivity contribution in [3.05, 3.63) is 60.2 Å². The number of amides is 2. The summed E-state index contributed by atoms with van der Waals surface area (Å²) >= 11 is 0. The molecule has 0 aliphatic rings. The minimum Gasteiger partial charge on any atom is -0.496 e. The first kappa shape index (κ1) is 24.2. The van der Waals surface area contributed by atoms with E-state index in [0.29, 0.717) is 22.2 Å². The van der Waals surface area contributed by atoms with E-state index in [0.717, 1.165) is 0 Å². The van der Waals surface area contributed by atoms with E-state index in [4.69, 9.17) is 9.47 Å². The highest BCUT2D eigenvalue weighted by molar-refractivity contribution is 5.97. The van der Waals surface area contributed by atoms with Gasteiger partial charge in [0.05, 0.1) is 19.2 Å². The Bertz CT molecular complexity index is 1260. The van der Waals surface area contributed by atoms with Crippen molar-refractivity contribution in [2.75, 3.05) is 20.3 Å². The van der Waals surface area contributed by atoms with Gasteiger partial charge in [0.15, 0.2) is 5.69 Å². The lowest BCUT2D eigenvalue weighted by Crippen LogP contribution is -2.26. The van der Waals surface area contributed by atoms with Crippen LogP contribution in [0.25, 0.3) is 17.0 Å². The van der Waals surface area contributed by atoms with E-state index < -0.39 is 17.8 Å². The Morgan fingerprint density at radius 3 is 2.62 bits per heavy atom. The fourth-order valence-corrected chi connectivity index (χ4v) is 3.20. The quantitative estimate of drug-likeness (QED) is 0.284. The second-order valence-corrected chi connectivity index (χ2v) is 6.97. The average Bonchev–Trinajstić information content (AvgIpc) is 3.11. The number of fused-ring (bicyclic) bond motifs is 1. The fraction of sp³-hybridized carbons (Fsp3) is 0.208. The molecular formula is C24H24N4O6. The second kappa shape index (κ2) is 11.4. The Kier molecular flexibility index (Phi) is 8.11. The van der Waals surface area contributed by atoms with E-state index in [-0.39, 0.29) is 31.3 Å². The van der Waals surface area contributed by atoms with Crippen molar-refractivity contribution in [2.45, 2.75) is 13.5 Å². The molecule has 0 unspecified atom stereocenters. The van der Waals surface area contributed by atoms with E-state index in [1.807, 2.05) is 12.1 Å². The van der Waals surface area contributed by atoms with Gasteiger partial charge in [0.1, 0.15) is 18.8 Å². The maximum absolute atomic E-state index is 12.1. The van der Waals surface area contributed by atoms with Gasteiger partial charge in [0.25, 0.3) is 5.91 Å². The van der Waals surface area contributed by atoms with Crippen LogP contribution in [0.4, 0.5) is 5.69 Å². The number of para-hydroxylation sites is 2. The average molecular weight is 464 g/mol. The lowest BCUT2D eigenvalue weighted by atomic mass is 10.2. The van der Waals surface area contributed by atoms with Crippen molar-refractivity contribution in [3.8, 4) is 11.6 Å². The first-order valence-corrected chi connectivity index (χ1v) is 10.4. The van der Waals surface area contributed by atoms with Crippen LogP contribution in [0.5, 0.6) is 11.6 Å². The minimum absolute atomic E-state index is 0.0376. The summed E-state index contributed by atoms with van der Waals surface area (Å²) in [5, 5.41) is 21.0. The van der Waals surface area contributed by atoms with E-state index in [2.05, 4.69) is 15.5 Å². The predicted molar refractivity (Wildman–Crippen MR) is 125 cm³/mol. The van der Waals surface area contributed by atoms with E-state index in [9.17, 15) is 19.5 Å². The molecule has 2 N–H and O–H groups in total. The number of carbonyl (C=O) groups excluding carboxylic acids is 3. The Morgan fingerprint density at radius 1 is 1.12 bits per heavy atom. The first-order valence-electron chi connectivity index (χ1n) is 10.4. The van der Waals surface area contributed by atoms with E-state index in [1.54, 1.807) is 49.4 Å². The van der Waals surface area contributed by atoms with Gasteiger partial charge in [-0.05, 0) is 25.1 Å². The summed E-state index contributed by atoms with van der Waals surface area (Å²) < 4.78 is 11.5. The van der Waals surface area contributed by atoms with Gasteiger partial charge >= 0.3 is 5.97 Å². The van der Waals surface area contributed by atoms with Crippen LogP contribution in [0.3, 0.4) is 0 Å². The Hall–Kier alpha value is -4.47. The lowest BCUT2D eigenvalue weighted by Gasteiger charge is -2.06. The molecule has 3 rings (SSSR count). The van der Waals surface area contributed by atoms with Crippen molar-refractivity contribution in [3.63, 3.8) is 0 Å². The number of aromatic nitrogens is 1. The van der Waals surface area contributed by atoms with Crippen molar-refractivity contribution >= 4 is 40.4 Å². The van der Waals surface area contributed by atoms with Crippen LogP contribution in [-0.2, 0) is 25.7 Å². The molecule has 0 fully saturated rings. The van der Waals surface area contributed by atoms with Crippen LogP contribution in [0.2, 0.25) is 0 Å². The molecule has 2 aromatic carbocycles. The molecule has 3 aromatic rings. The number of aromatic hydroxyl groups is 1. The van der Waals surface area contributed by atoms with Crippen molar-refractivity contribution < 1.29 is 29.0 Å². The standard InChI is InChI=1S/C24H24N4O6/c1-3-34-22(31)15-28-18-10-6-5-9-17(18)23(24(28)32)27-26-21(30)14-25-20(29)13-12-16-8-4-7-11-19(16)33-2/h4-13,32H,3,14-15H2,1-2H3,(H,25,29). The Labute approximate surface area is 195 Å². The highest BCUT2D eigenvalue weighted by atomic mass is 16.5.